The SMILES string of the molecule is CN1Cc2cc(OCCCSCc3ccccc3)ccc2C1=O. The van der Waals surface area contributed by atoms with E-state index in [1.165, 1.54) is 5.56 Å². The van der Waals surface area contributed by atoms with Crippen LogP contribution in [0.5, 0.6) is 5.75 Å². The van der Waals surface area contributed by atoms with Crippen molar-refractivity contribution in [2.45, 2.75) is 18.7 Å². The second-order valence-electron chi connectivity index (χ2n) is 5.72. The highest BCUT2D eigenvalue weighted by Gasteiger charge is 2.24. The number of carbonyl (C=O) groups is 1. The first-order valence-corrected chi connectivity index (χ1v) is 9.02. The fourth-order valence-electron chi connectivity index (χ4n) is 2.65. The number of ether oxygens (including phenoxy) is 1. The van der Waals surface area contributed by atoms with E-state index in [4.69, 9.17) is 4.74 Å². The van der Waals surface area contributed by atoms with E-state index in [1.54, 1.807) is 4.90 Å². The molecule has 1 amide bonds. The topological polar surface area (TPSA) is 29.5 Å². The maximum atomic E-state index is 11.8. The van der Waals surface area contributed by atoms with Crippen molar-refractivity contribution >= 4 is 17.7 Å². The average Bonchev–Trinajstić information content (AvgIpc) is 2.86. The van der Waals surface area contributed by atoms with Gasteiger partial charge in [-0.3, -0.25) is 4.79 Å². The Morgan fingerprint density at radius 3 is 2.83 bits per heavy atom. The summed E-state index contributed by atoms with van der Waals surface area (Å²) in [5.74, 6) is 3.10. The number of fused-ring (bicyclic) bond motifs is 1. The van der Waals surface area contributed by atoms with Gasteiger partial charge in [0.05, 0.1) is 6.61 Å². The third-order valence-electron chi connectivity index (χ3n) is 3.87. The van der Waals surface area contributed by atoms with Crippen molar-refractivity contribution in [1.82, 2.24) is 4.90 Å². The smallest absolute Gasteiger partial charge is 0.254 e. The van der Waals surface area contributed by atoms with Crippen LogP contribution in [-0.4, -0.2) is 30.2 Å². The Morgan fingerprint density at radius 1 is 1.17 bits per heavy atom. The summed E-state index contributed by atoms with van der Waals surface area (Å²) < 4.78 is 5.81. The van der Waals surface area contributed by atoms with E-state index in [0.29, 0.717) is 13.2 Å². The molecule has 1 aliphatic heterocycles. The number of carbonyl (C=O) groups excluding carboxylic acids is 1. The maximum absolute atomic E-state index is 11.8. The molecule has 4 heteroatoms. The van der Waals surface area contributed by atoms with Crippen molar-refractivity contribution in [1.29, 1.82) is 0 Å². The van der Waals surface area contributed by atoms with Crippen molar-refractivity contribution in [3.8, 4) is 5.75 Å². The van der Waals surface area contributed by atoms with Crippen LogP contribution in [-0.2, 0) is 12.3 Å². The minimum absolute atomic E-state index is 0.101. The Hall–Kier alpha value is -1.94. The fourth-order valence-corrected chi connectivity index (χ4v) is 3.54. The Labute approximate surface area is 141 Å². The molecule has 0 aliphatic carbocycles. The highest BCUT2D eigenvalue weighted by Crippen LogP contribution is 2.25. The molecule has 2 aromatic rings. The first-order chi connectivity index (χ1) is 11.2. The largest absolute Gasteiger partial charge is 0.494 e. The van der Waals surface area contributed by atoms with E-state index >= 15 is 0 Å². The highest BCUT2D eigenvalue weighted by molar-refractivity contribution is 7.98. The molecule has 0 saturated heterocycles. The van der Waals surface area contributed by atoms with Gasteiger partial charge in [0, 0.05) is 24.9 Å². The quantitative estimate of drug-likeness (QED) is 0.721. The molecule has 0 unspecified atom stereocenters. The summed E-state index contributed by atoms with van der Waals surface area (Å²) in [6, 6.07) is 16.3. The van der Waals surface area contributed by atoms with Gasteiger partial charge in [0.25, 0.3) is 5.91 Å². The second kappa shape index (κ2) is 7.55. The fraction of sp³-hybridized carbons (Fsp3) is 0.316. The zero-order valence-corrected chi connectivity index (χ0v) is 14.1. The van der Waals surface area contributed by atoms with Gasteiger partial charge in [0.2, 0.25) is 0 Å². The Kier molecular flexibility index (Phi) is 5.23. The van der Waals surface area contributed by atoms with E-state index in [9.17, 15) is 4.79 Å². The summed E-state index contributed by atoms with van der Waals surface area (Å²) >= 11 is 1.93. The first-order valence-electron chi connectivity index (χ1n) is 7.87. The van der Waals surface area contributed by atoms with Crippen molar-refractivity contribution in [2.24, 2.45) is 0 Å². The number of hydrogen-bond acceptors (Lipinski definition) is 3. The molecule has 0 aromatic heterocycles. The molecule has 0 bridgehead atoms. The molecule has 0 saturated carbocycles. The van der Waals surface area contributed by atoms with Gasteiger partial charge in [-0.25, -0.2) is 0 Å². The van der Waals surface area contributed by atoms with E-state index in [0.717, 1.165) is 34.8 Å². The lowest BCUT2D eigenvalue weighted by atomic mass is 10.1. The molecule has 1 heterocycles. The minimum Gasteiger partial charge on any atom is -0.494 e. The van der Waals surface area contributed by atoms with Gasteiger partial charge in [-0.05, 0) is 41.5 Å². The van der Waals surface area contributed by atoms with Gasteiger partial charge in [-0.2, -0.15) is 11.8 Å². The predicted octanol–water partition coefficient (Wildman–Crippen LogP) is 3.97. The zero-order valence-electron chi connectivity index (χ0n) is 13.3. The number of rotatable bonds is 7. The van der Waals surface area contributed by atoms with Crippen LogP contribution in [0.15, 0.2) is 48.5 Å². The number of benzene rings is 2. The van der Waals surface area contributed by atoms with Gasteiger partial charge in [0.1, 0.15) is 5.75 Å². The van der Waals surface area contributed by atoms with Gasteiger partial charge in [-0.15, -0.1) is 0 Å². The number of nitrogens with zero attached hydrogens (tertiary/aromatic N) is 1. The van der Waals surface area contributed by atoms with E-state index in [2.05, 4.69) is 24.3 Å². The van der Waals surface area contributed by atoms with Crippen LogP contribution in [0.25, 0.3) is 0 Å². The van der Waals surface area contributed by atoms with Crippen LogP contribution in [0.1, 0.15) is 27.9 Å². The molecule has 0 N–H and O–H groups in total. The van der Waals surface area contributed by atoms with Crippen molar-refractivity contribution < 1.29 is 9.53 Å². The van der Waals surface area contributed by atoms with Crippen LogP contribution in [0.4, 0.5) is 0 Å². The van der Waals surface area contributed by atoms with Crippen LogP contribution in [0.3, 0.4) is 0 Å². The van der Waals surface area contributed by atoms with Gasteiger partial charge < -0.3 is 9.64 Å². The maximum Gasteiger partial charge on any atom is 0.254 e. The van der Waals surface area contributed by atoms with Crippen molar-refractivity contribution in [3.63, 3.8) is 0 Å². The molecule has 0 atom stereocenters. The first kappa shape index (κ1) is 15.9. The normalized spacial score (nSPS) is 13.3. The molecule has 2 aromatic carbocycles. The molecule has 0 fully saturated rings. The minimum atomic E-state index is 0.101. The van der Waals surface area contributed by atoms with Gasteiger partial charge >= 0.3 is 0 Å². The molecule has 3 nitrogen and oxygen atoms in total. The van der Waals surface area contributed by atoms with E-state index in [-0.39, 0.29) is 5.91 Å². The number of thioether (sulfide) groups is 1. The van der Waals surface area contributed by atoms with Crippen molar-refractivity contribution in [2.75, 3.05) is 19.4 Å². The summed E-state index contributed by atoms with van der Waals surface area (Å²) in [4.78, 5) is 13.6. The van der Waals surface area contributed by atoms with Crippen LogP contribution in [0, 0.1) is 0 Å². The van der Waals surface area contributed by atoms with Crippen LogP contribution >= 0.6 is 11.8 Å². The lowest BCUT2D eigenvalue weighted by Crippen LogP contribution is -2.17. The lowest BCUT2D eigenvalue weighted by molar-refractivity contribution is 0.0816. The molecule has 1 aliphatic rings. The Morgan fingerprint density at radius 2 is 2.00 bits per heavy atom. The van der Waals surface area contributed by atoms with Crippen LogP contribution in [0.2, 0.25) is 0 Å². The summed E-state index contributed by atoms with van der Waals surface area (Å²) in [6.07, 6.45) is 1.02. The molecular formula is C19H21NO2S. The Balaban J connectivity index is 1.38. The third-order valence-corrected chi connectivity index (χ3v) is 4.99. The van der Waals surface area contributed by atoms with Gasteiger partial charge in [-0.1, -0.05) is 30.3 Å². The zero-order chi connectivity index (χ0) is 16.1. The van der Waals surface area contributed by atoms with E-state index < -0.39 is 0 Å². The number of hydrogen-bond donors (Lipinski definition) is 0. The van der Waals surface area contributed by atoms with Crippen LogP contribution < -0.4 is 4.74 Å². The molecular weight excluding hydrogens is 306 g/mol. The summed E-state index contributed by atoms with van der Waals surface area (Å²) in [7, 11) is 1.83. The molecule has 0 radical (unpaired) electrons. The number of amides is 1. The van der Waals surface area contributed by atoms with Gasteiger partial charge in [0.15, 0.2) is 0 Å². The average molecular weight is 327 g/mol. The second-order valence-corrected chi connectivity index (χ2v) is 6.83. The lowest BCUT2D eigenvalue weighted by Gasteiger charge is -2.07. The third kappa shape index (κ3) is 4.08. The molecule has 120 valence electrons. The predicted molar refractivity (Wildman–Crippen MR) is 95.0 cm³/mol. The summed E-state index contributed by atoms with van der Waals surface area (Å²) in [6.45, 7) is 1.39. The molecule has 23 heavy (non-hydrogen) atoms. The molecule has 0 spiro atoms. The molecule has 3 rings (SSSR count). The standard InChI is InChI=1S/C19H21NO2S/c1-20-13-16-12-17(8-9-18(16)19(20)21)22-10-5-11-23-14-15-6-3-2-4-7-15/h2-4,6-9,12H,5,10-11,13-14H2,1H3. The monoisotopic (exact) mass is 327 g/mol. The summed E-state index contributed by atoms with van der Waals surface area (Å²) in [5, 5.41) is 0. The highest BCUT2D eigenvalue weighted by atomic mass is 32.2. The van der Waals surface area contributed by atoms with E-state index in [1.807, 2.05) is 43.1 Å². The summed E-state index contributed by atoms with van der Waals surface area (Å²) in [5.41, 5.74) is 3.23. The van der Waals surface area contributed by atoms with Crippen molar-refractivity contribution in [3.05, 3.63) is 65.2 Å². The Bertz CT molecular complexity index is 672.